The molecule has 0 spiro atoms. The van der Waals surface area contributed by atoms with Crippen LogP contribution in [0, 0.1) is 5.92 Å². The van der Waals surface area contributed by atoms with Crippen molar-refractivity contribution >= 4 is 22.0 Å². The maximum atomic E-state index is 11.3. The molecule has 0 aromatic carbocycles. The van der Waals surface area contributed by atoms with Crippen molar-refractivity contribution in [1.29, 1.82) is 0 Å². The number of sulfonamides is 1. The van der Waals surface area contributed by atoms with Crippen LogP contribution >= 0.6 is 0 Å². The maximum Gasteiger partial charge on any atom is 0.314 e. The predicted octanol–water partition coefficient (Wildman–Crippen LogP) is -0.274. The normalized spacial score (nSPS) is 12.7. The maximum absolute atomic E-state index is 11.3. The van der Waals surface area contributed by atoms with Crippen LogP contribution in [0.4, 0.5) is 4.79 Å². The topological polar surface area (TPSA) is 125 Å². The van der Waals surface area contributed by atoms with Crippen LogP contribution < -0.4 is 15.4 Å². The van der Waals surface area contributed by atoms with E-state index in [1.54, 1.807) is 13.8 Å². The molecule has 1 atom stereocenters. The van der Waals surface area contributed by atoms with Crippen molar-refractivity contribution in [3.05, 3.63) is 0 Å². The highest BCUT2D eigenvalue weighted by Gasteiger charge is 2.11. The number of carboxylic acid groups (broad SMARTS) is 1. The van der Waals surface area contributed by atoms with Gasteiger partial charge >= 0.3 is 12.0 Å². The lowest BCUT2D eigenvalue weighted by molar-refractivity contribution is -0.141. The zero-order valence-electron chi connectivity index (χ0n) is 11.8. The van der Waals surface area contributed by atoms with Gasteiger partial charge in [-0.05, 0) is 12.8 Å². The van der Waals surface area contributed by atoms with Crippen molar-refractivity contribution in [2.45, 2.75) is 26.7 Å². The van der Waals surface area contributed by atoms with E-state index in [2.05, 4.69) is 15.4 Å². The summed E-state index contributed by atoms with van der Waals surface area (Å²) in [5, 5.41) is 13.6. The molecule has 20 heavy (non-hydrogen) atoms. The Morgan fingerprint density at radius 1 is 1.20 bits per heavy atom. The van der Waals surface area contributed by atoms with Crippen molar-refractivity contribution in [2.24, 2.45) is 5.92 Å². The number of nitrogens with one attached hydrogen (secondary N) is 3. The minimum Gasteiger partial charge on any atom is -0.481 e. The summed E-state index contributed by atoms with van der Waals surface area (Å²) in [5.41, 5.74) is 0. The third-order valence-electron chi connectivity index (χ3n) is 2.54. The number of rotatable bonds is 10. The van der Waals surface area contributed by atoms with E-state index in [1.807, 2.05) is 0 Å². The van der Waals surface area contributed by atoms with Crippen molar-refractivity contribution in [3.8, 4) is 0 Å². The summed E-state index contributed by atoms with van der Waals surface area (Å²) in [4.78, 5) is 21.9. The van der Waals surface area contributed by atoms with Crippen molar-refractivity contribution < 1.29 is 23.1 Å². The van der Waals surface area contributed by atoms with Gasteiger partial charge in [0.15, 0.2) is 0 Å². The number of carboxylic acids is 1. The fourth-order valence-electron chi connectivity index (χ4n) is 1.39. The van der Waals surface area contributed by atoms with E-state index in [4.69, 9.17) is 5.11 Å². The fourth-order valence-corrected chi connectivity index (χ4v) is 2.34. The molecule has 0 saturated heterocycles. The number of aliphatic carboxylic acids is 1. The first-order valence-electron chi connectivity index (χ1n) is 6.50. The smallest absolute Gasteiger partial charge is 0.314 e. The first-order chi connectivity index (χ1) is 9.28. The van der Waals surface area contributed by atoms with Crippen LogP contribution in [0.15, 0.2) is 0 Å². The number of carbonyl (C=O) groups is 2. The molecule has 0 aliphatic rings. The molecule has 0 aromatic heterocycles. The summed E-state index contributed by atoms with van der Waals surface area (Å²) >= 11 is 0. The number of hydrogen-bond acceptors (Lipinski definition) is 4. The molecule has 0 fully saturated rings. The van der Waals surface area contributed by atoms with Gasteiger partial charge in [0.2, 0.25) is 10.0 Å². The van der Waals surface area contributed by atoms with Crippen molar-refractivity contribution in [1.82, 2.24) is 15.4 Å². The molecule has 8 nitrogen and oxygen atoms in total. The predicted molar refractivity (Wildman–Crippen MR) is 74.9 cm³/mol. The molecule has 0 saturated carbocycles. The highest BCUT2D eigenvalue weighted by molar-refractivity contribution is 7.89. The van der Waals surface area contributed by atoms with E-state index >= 15 is 0 Å². The second-order valence-corrected chi connectivity index (χ2v) is 6.31. The molecular weight excluding hydrogens is 286 g/mol. The monoisotopic (exact) mass is 309 g/mol. The molecule has 0 aromatic rings. The largest absolute Gasteiger partial charge is 0.481 e. The number of hydrogen-bond donors (Lipinski definition) is 4. The lowest BCUT2D eigenvalue weighted by Gasteiger charge is -2.09. The van der Waals surface area contributed by atoms with Crippen LogP contribution in [0.25, 0.3) is 0 Å². The Bertz CT molecular complexity index is 410. The Hall–Kier alpha value is -1.35. The van der Waals surface area contributed by atoms with Crippen LogP contribution in [0.2, 0.25) is 0 Å². The van der Waals surface area contributed by atoms with Crippen LogP contribution in [-0.4, -0.2) is 50.9 Å². The molecule has 4 N–H and O–H groups in total. The van der Waals surface area contributed by atoms with Gasteiger partial charge in [-0.1, -0.05) is 13.8 Å². The molecule has 0 aliphatic carbocycles. The third kappa shape index (κ3) is 9.56. The molecule has 118 valence electrons. The van der Waals surface area contributed by atoms with Gasteiger partial charge in [0, 0.05) is 19.6 Å². The van der Waals surface area contributed by atoms with Crippen LogP contribution in [-0.2, 0) is 14.8 Å². The van der Waals surface area contributed by atoms with Gasteiger partial charge in [-0.2, -0.15) is 0 Å². The molecule has 9 heteroatoms. The Labute approximate surface area is 119 Å². The van der Waals surface area contributed by atoms with E-state index in [-0.39, 0.29) is 12.3 Å². The Morgan fingerprint density at radius 3 is 2.35 bits per heavy atom. The highest BCUT2D eigenvalue weighted by atomic mass is 32.2. The quantitative estimate of drug-likeness (QED) is 0.413. The second kappa shape index (κ2) is 9.54. The third-order valence-corrected chi connectivity index (χ3v) is 4.01. The summed E-state index contributed by atoms with van der Waals surface area (Å²) in [6, 6.07) is -0.459. The van der Waals surface area contributed by atoms with Gasteiger partial charge in [-0.3, -0.25) is 4.79 Å². The van der Waals surface area contributed by atoms with E-state index in [1.165, 1.54) is 0 Å². The van der Waals surface area contributed by atoms with E-state index in [0.29, 0.717) is 25.9 Å². The zero-order chi connectivity index (χ0) is 15.6. The summed E-state index contributed by atoms with van der Waals surface area (Å²) in [6.07, 6.45) is 1.03. The van der Waals surface area contributed by atoms with E-state index < -0.39 is 27.9 Å². The molecule has 1 unspecified atom stereocenters. The van der Waals surface area contributed by atoms with Crippen molar-refractivity contribution in [3.63, 3.8) is 0 Å². The second-order valence-electron chi connectivity index (χ2n) is 4.38. The Morgan fingerprint density at radius 2 is 1.80 bits per heavy atom. The van der Waals surface area contributed by atoms with Crippen LogP contribution in [0.5, 0.6) is 0 Å². The number of carbonyl (C=O) groups excluding carboxylic acids is 1. The standard InChI is InChI=1S/C11H23N3O5S/c1-3-14-20(18,19)8-7-13-11(17)12-6-4-5-9(2)10(15)16/h9,14H,3-8H2,1-2H3,(H,15,16)(H2,12,13,17). The molecule has 0 heterocycles. The average molecular weight is 309 g/mol. The zero-order valence-corrected chi connectivity index (χ0v) is 12.6. The minimum absolute atomic E-state index is 0.0205. The molecular formula is C11H23N3O5S. The summed E-state index contributed by atoms with van der Waals surface area (Å²) < 4.78 is 24.9. The highest BCUT2D eigenvalue weighted by Crippen LogP contribution is 2.03. The Balaban J connectivity index is 3.68. The summed E-state index contributed by atoms with van der Waals surface area (Å²) in [5.74, 6) is -1.47. The average Bonchev–Trinajstić information content (AvgIpc) is 2.33. The fraction of sp³-hybridized carbons (Fsp3) is 0.818. The van der Waals surface area contributed by atoms with Crippen LogP contribution in [0.1, 0.15) is 26.7 Å². The van der Waals surface area contributed by atoms with E-state index in [0.717, 1.165) is 0 Å². The minimum atomic E-state index is -3.33. The van der Waals surface area contributed by atoms with Crippen molar-refractivity contribution in [2.75, 3.05) is 25.4 Å². The molecule has 0 aliphatic heterocycles. The number of amides is 2. The van der Waals surface area contributed by atoms with Gasteiger partial charge in [0.1, 0.15) is 0 Å². The first kappa shape index (κ1) is 18.7. The van der Waals surface area contributed by atoms with Gasteiger partial charge in [0.05, 0.1) is 11.7 Å². The van der Waals surface area contributed by atoms with Gasteiger partial charge in [0.25, 0.3) is 0 Å². The Kier molecular flexibility index (Phi) is 8.89. The first-order valence-corrected chi connectivity index (χ1v) is 8.15. The summed E-state index contributed by atoms with van der Waals surface area (Å²) in [6.45, 7) is 3.97. The lowest BCUT2D eigenvalue weighted by atomic mass is 10.1. The lowest BCUT2D eigenvalue weighted by Crippen LogP contribution is -2.40. The molecule has 0 radical (unpaired) electrons. The molecule has 0 bridgehead atoms. The van der Waals surface area contributed by atoms with E-state index in [9.17, 15) is 18.0 Å². The van der Waals surface area contributed by atoms with Gasteiger partial charge < -0.3 is 15.7 Å². The summed E-state index contributed by atoms with van der Waals surface area (Å²) in [7, 11) is -3.33. The SMILES string of the molecule is CCNS(=O)(=O)CCNC(=O)NCCCC(C)C(=O)O. The molecule has 2 amide bonds. The van der Waals surface area contributed by atoms with Crippen LogP contribution in [0.3, 0.4) is 0 Å². The molecule has 0 rings (SSSR count). The van der Waals surface area contributed by atoms with Gasteiger partial charge in [-0.25, -0.2) is 17.9 Å². The number of urea groups is 1. The van der Waals surface area contributed by atoms with Gasteiger partial charge in [-0.15, -0.1) is 0 Å².